The molecular weight excluding hydrogens is 304 g/mol. The van der Waals surface area contributed by atoms with E-state index in [4.69, 9.17) is 4.74 Å². The van der Waals surface area contributed by atoms with Gasteiger partial charge in [0.25, 0.3) is 0 Å². The maximum Gasteiger partial charge on any atom is 0.199 e. The highest BCUT2D eigenvalue weighted by Crippen LogP contribution is 2.36. The zero-order chi connectivity index (χ0) is 17.3. The van der Waals surface area contributed by atoms with Gasteiger partial charge in [-0.1, -0.05) is 6.92 Å². The second-order valence-electron chi connectivity index (χ2n) is 6.72. The number of ether oxygens (including phenoxy) is 1. The minimum Gasteiger partial charge on any atom is -0.381 e. The average molecular weight is 328 g/mol. The quantitative estimate of drug-likeness (QED) is 0.771. The highest BCUT2D eigenvalue weighted by molar-refractivity contribution is 6.04. The number of halogens is 1. The highest BCUT2D eigenvalue weighted by atomic mass is 18.2. The monoisotopic (exact) mass is 328 g/mol. The van der Waals surface area contributed by atoms with E-state index in [1.165, 1.54) is 0 Å². The number of fused-ring (bicyclic) bond motifs is 1. The molecule has 0 aliphatic heterocycles. The molecule has 0 saturated heterocycles. The lowest BCUT2D eigenvalue weighted by atomic mass is 9.79. The Morgan fingerprint density at radius 3 is 2.67 bits per heavy atom. The third kappa shape index (κ3) is 3.07. The standard InChI is InChI=1S/C20H24FNO2/c1-4-14-11-16-12-15(5-6-18(16)22-13(14)2)19(23)20(21)9-7-17(24-3)8-10-20/h5-6,11-12,17H,4,7-10H2,1-3H3/i21-1. The molecule has 0 amide bonds. The molecule has 3 rings (SSSR count). The summed E-state index contributed by atoms with van der Waals surface area (Å²) in [5.74, 6) is -0.405. The van der Waals surface area contributed by atoms with Gasteiger partial charge in [-0.25, -0.2) is 4.39 Å². The van der Waals surface area contributed by atoms with Gasteiger partial charge < -0.3 is 4.74 Å². The first kappa shape index (κ1) is 17.0. The van der Waals surface area contributed by atoms with E-state index in [0.717, 1.165) is 28.6 Å². The first-order chi connectivity index (χ1) is 11.5. The van der Waals surface area contributed by atoms with E-state index in [2.05, 4.69) is 18.0 Å². The summed E-state index contributed by atoms with van der Waals surface area (Å²) in [7, 11) is 1.64. The van der Waals surface area contributed by atoms with Crippen LogP contribution in [0.4, 0.5) is 4.39 Å². The summed E-state index contributed by atoms with van der Waals surface area (Å²) in [6.07, 6.45) is 2.60. The van der Waals surface area contributed by atoms with Crippen molar-refractivity contribution in [2.24, 2.45) is 0 Å². The van der Waals surface area contributed by atoms with Gasteiger partial charge in [-0.15, -0.1) is 0 Å². The molecule has 1 saturated carbocycles. The summed E-state index contributed by atoms with van der Waals surface area (Å²) >= 11 is 0. The van der Waals surface area contributed by atoms with Crippen LogP contribution in [0.5, 0.6) is 0 Å². The van der Waals surface area contributed by atoms with Crippen molar-refractivity contribution >= 4 is 16.7 Å². The number of nitrogens with zero attached hydrogens (tertiary/aromatic N) is 1. The molecule has 24 heavy (non-hydrogen) atoms. The summed E-state index contributed by atoms with van der Waals surface area (Å²) in [6, 6.07) is 7.36. The van der Waals surface area contributed by atoms with Crippen molar-refractivity contribution in [2.45, 2.75) is 57.7 Å². The zero-order valence-corrected chi connectivity index (χ0v) is 14.6. The Balaban J connectivity index is 1.91. The van der Waals surface area contributed by atoms with Crippen molar-refractivity contribution in [3.8, 4) is 0 Å². The summed E-state index contributed by atoms with van der Waals surface area (Å²) in [6.45, 7) is 4.07. The maximum atomic E-state index is 15.2. The van der Waals surface area contributed by atoms with E-state index in [-0.39, 0.29) is 18.9 Å². The van der Waals surface area contributed by atoms with Gasteiger partial charge in [0.15, 0.2) is 11.5 Å². The van der Waals surface area contributed by atoms with Gasteiger partial charge >= 0.3 is 0 Å². The first-order valence-corrected chi connectivity index (χ1v) is 8.63. The average Bonchev–Trinajstić information content (AvgIpc) is 2.60. The Kier molecular flexibility index (Phi) is 4.68. The molecule has 3 nitrogen and oxygen atoms in total. The number of carbonyl (C=O) groups is 1. The summed E-state index contributed by atoms with van der Waals surface area (Å²) < 4.78 is 20.4. The molecule has 128 valence electrons. The van der Waals surface area contributed by atoms with Gasteiger partial charge in [-0.05, 0) is 68.9 Å². The number of carbonyl (C=O) groups excluding carboxylic acids is 1. The van der Waals surface area contributed by atoms with Crippen molar-refractivity contribution in [1.29, 1.82) is 0 Å². The molecule has 0 N–H and O–H groups in total. The molecule has 1 aliphatic rings. The molecule has 2 aromatic rings. The van der Waals surface area contributed by atoms with E-state index in [1.54, 1.807) is 19.2 Å². The van der Waals surface area contributed by atoms with E-state index in [1.807, 2.05) is 13.0 Å². The van der Waals surface area contributed by atoms with Gasteiger partial charge in [-0.2, -0.15) is 0 Å². The van der Waals surface area contributed by atoms with Crippen LogP contribution in [0, 0.1) is 6.92 Å². The van der Waals surface area contributed by atoms with Gasteiger partial charge in [0.2, 0.25) is 0 Å². The van der Waals surface area contributed by atoms with Crippen LogP contribution >= 0.6 is 0 Å². The molecule has 0 atom stereocenters. The largest absolute Gasteiger partial charge is 0.381 e. The van der Waals surface area contributed by atoms with E-state index in [9.17, 15) is 4.79 Å². The van der Waals surface area contributed by atoms with Crippen LogP contribution in [0.3, 0.4) is 0 Å². The number of ketones is 1. The lowest BCUT2D eigenvalue weighted by molar-refractivity contribution is 0.0118. The molecule has 0 spiro atoms. The maximum absolute atomic E-state index is 15.2. The summed E-state index contributed by atoms with van der Waals surface area (Å²) in [4.78, 5) is 17.3. The minimum atomic E-state index is -1.77. The second kappa shape index (κ2) is 6.60. The summed E-state index contributed by atoms with van der Waals surface area (Å²) in [5.41, 5.74) is 1.67. The molecular formula is C20H24FNO2. The Morgan fingerprint density at radius 2 is 2.04 bits per heavy atom. The molecule has 0 radical (unpaired) electrons. The number of aryl methyl sites for hydroxylation is 2. The first-order valence-electron chi connectivity index (χ1n) is 8.63. The molecule has 0 unspecified atom stereocenters. The smallest absolute Gasteiger partial charge is 0.199 e. The predicted octanol–water partition coefficient (Wildman–Crippen LogP) is 4.59. The lowest BCUT2D eigenvalue weighted by Gasteiger charge is -2.32. The minimum absolute atomic E-state index is 0.0672. The molecule has 4 heteroatoms. The number of aromatic nitrogens is 1. The summed E-state index contributed by atoms with van der Waals surface area (Å²) in [5, 5.41) is 0.900. The number of rotatable bonds is 4. The van der Waals surface area contributed by atoms with Crippen molar-refractivity contribution in [3.63, 3.8) is 0 Å². The van der Waals surface area contributed by atoms with E-state index >= 15 is 4.39 Å². The van der Waals surface area contributed by atoms with Crippen LogP contribution in [0.2, 0.25) is 0 Å². The normalized spacial score (nSPS) is 24.2. The van der Waals surface area contributed by atoms with Crippen LogP contribution in [-0.2, 0) is 11.2 Å². The fourth-order valence-electron chi connectivity index (χ4n) is 3.59. The number of hydrogen-bond donors (Lipinski definition) is 0. The molecule has 0 bridgehead atoms. The third-order valence-electron chi connectivity index (χ3n) is 5.22. The second-order valence-corrected chi connectivity index (χ2v) is 6.72. The van der Waals surface area contributed by atoms with Gasteiger partial charge in [0.05, 0.1) is 11.6 Å². The molecule has 1 heterocycles. The molecule has 1 aromatic heterocycles. The van der Waals surface area contributed by atoms with Gasteiger partial charge in [0, 0.05) is 23.8 Å². The number of pyridine rings is 1. The molecule has 1 aromatic carbocycles. The fraction of sp³-hybridized carbons (Fsp3) is 0.500. The Bertz CT molecular complexity index is 764. The molecule has 1 aliphatic carbocycles. The van der Waals surface area contributed by atoms with Gasteiger partial charge in [0.1, 0.15) is 0 Å². The number of benzene rings is 1. The van der Waals surface area contributed by atoms with Gasteiger partial charge in [-0.3, -0.25) is 9.78 Å². The Morgan fingerprint density at radius 1 is 1.33 bits per heavy atom. The van der Waals surface area contributed by atoms with Crippen LogP contribution < -0.4 is 0 Å². The topological polar surface area (TPSA) is 39.2 Å². The number of hydrogen-bond acceptors (Lipinski definition) is 3. The lowest BCUT2D eigenvalue weighted by Crippen LogP contribution is -2.39. The predicted molar refractivity (Wildman–Crippen MR) is 93.3 cm³/mol. The zero-order valence-electron chi connectivity index (χ0n) is 14.6. The van der Waals surface area contributed by atoms with Crippen LogP contribution in [0.15, 0.2) is 24.3 Å². The fourth-order valence-corrected chi connectivity index (χ4v) is 3.59. The molecule has 1 fully saturated rings. The number of Topliss-reactive ketones (excluding diaryl/α,β-unsaturated/α-hetero) is 1. The van der Waals surface area contributed by atoms with Crippen LogP contribution in [0.1, 0.15) is 54.2 Å². The highest BCUT2D eigenvalue weighted by Gasteiger charge is 2.42. The number of alkyl halides is 1. The van der Waals surface area contributed by atoms with E-state index in [0.29, 0.717) is 18.4 Å². The Labute approximate surface area is 142 Å². The van der Waals surface area contributed by atoms with Crippen molar-refractivity contribution < 1.29 is 13.9 Å². The van der Waals surface area contributed by atoms with E-state index < -0.39 is 11.5 Å². The van der Waals surface area contributed by atoms with Crippen LogP contribution in [0.25, 0.3) is 10.9 Å². The van der Waals surface area contributed by atoms with Crippen molar-refractivity contribution in [3.05, 3.63) is 41.1 Å². The third-order valence-corrected chi connectivity index (χ3v) is 5.22. The number of methoxy groups -OCH3 is 1. The van der Waals surface area contributed by atoms with Crippen LogP contribution in [-0.4, -0.2) is 29.6 Å². The SMILES string of the molecule is CCc1cc2cc(C(=O)C3([18F])CCC(OC)CC3)ccc2nc1C. The Hall–Kier alpha value is -1.81. The van der Waals surface area contributed by atoms with Crippen molar-refractivity contribution in [1.82, 2.24) is 4.98 Å². The van der Waals surface area contributed by atoms with Crippen molar-refractivity contribution in [2.75, 3.05) is 7.11 Å².